The Morgan fingerprint density at radius 1 is 1.07 bits per heavy atom. The predicted octanol–water partition coefficient (Wildman–Crippen LogP) is 0.949. The second-order valence-electron chi connectivity index (χ2n) is 8.06. The van der Waals surface area contributed by atoms with E-state index in [0.717, 1.165) is 50.3 Å². The molecule has 1 fully saturated rings. The first-order chi connectivity index (χ1) is 14.6. The van der Waals surface area contributed by atoms with Gasteiger partial charge in [-0.15, -0.1) is 10.2 Å². The summed E-state index contributed by atoms with van der Waals surface area (Å²) < 4.78 is 2.25. The number of nitrogens with one attached hydrogen (secondary N) is 2. The molecule has 2 aliphatic heterocycles. The second-order valence-corrected chi connectivity index (χ2v) is 8.06. The minimum absolute atomic E-state index is 0.148. The van der Waals surface area contributed by atoms with Crippen LogP contribution in [0.5, 0.6) is 0 Å². The molecular formula is C20H23N7O3. The van der Waals surface area contributed by atoms with Gasteiger partial charge in [-0.3, -0.25) is 19.6 Å². The van der Waals surface area contributed by atoms with E-state index in [9.17, 15) is 14.4 Å². The molecule has 0 spiro atoms. The number of likely N-dealkylation sites (tertiary alicyclic amines) is 1. The highest BCUT2D eigenvalue weighted by Crippen LogP contribution is 2.28. The van der Waals surface area contributed by atoms with Crippen molar-refractivity contribution in [3.63, 3.8) is 0 Å². The van der Waals surface area contributed by atoms with Crippen molar-refractivity contribution in [1.82, 2.24) is 34.6 Å². The van der Waals surface area contributed by atoms with Crippen molar-refractivity contribution in [3.05, 3.63) is 50.3 Å². The van der Waals surface area contributed by atoms with Crippen molar-refractivity contribution in [1.29, 1.82) is 0 Å². The lowest BCUT2D eigenvalue weighted by atomic mass is 9.96. The summed E-state index contributed by atoms with van der Waals surface area (Å²) in [6.45, 7) is 2.16. The molecule has 156 valence electrons. The lowest BCUT2D eigenvalue weighted by Gasteiger charge is -2.32. The normalized spacial score (nSPS) is 19.5. The molecule has 0 aromatic carbocycles. The third-order valence-electron chi connectivity index (χ3n) is 6.05. The molecule has 10 heteroatoms. The van der Waals surface area contributed by atoms with Gasteiger partial charge in [0.15, 0.2) is 0 Å². The number of fused-ring (bicyclic) bond motifs is 2. The number of aryl methyl sites for hydroxylation is 1. The zero-order valence-corrected chi connectivity index (χ0v) is 16.6. The van der Waals surface area contributed by atoms with Crippen LogP contribution in [0.25, 0.3) is 11.0 Å². The van der Waals surface area contributed by atoms with E-state index in [1.165, 1.54) is 18.7 Å². The van der Waals surface area contributed by atoms with Gasteiger partial charge in [-0.25, -0.2) is 9.78 Å². The summed E-state index contributed by atoms with van der Waals surface area (Å²) in [5.41, 5.74) is -0.673. The van der Waals surface area contributed by atoms with Crippen LogP contribution >= 0.6 is 0 Å². The fourth-order valence-electron chi connectivity index (χ4n) is 4.53. The molecule has 3 aromatic rings. The highest BCUT2D eigenvalue weighted by Gasteiger charge is 2.30. The second kappa shape index (κ2) is 7.51. The van der Waals surface area contributed by atoms with Crippen molar-refractivity contribution < 1.29 is 4.79 Å². The number of piperidine rings is 1. The van der Waals surface area contributed by atoms with Gasteiger partial charge in [-0.1, -0.05) is 6.42 Å². The molecule has 3 aromatic heterocycles. The standard InChI is InChI=1S/C20H23N7O3/c28-18-14-9-13(10-21-16(14)22-20(30)23-18)19(29)26-7-4-5-12(11-26)17-25-24-15-6-2-1-3-8-27(15)17/h9-10,12H,1-8,11H2,(H2,21,22,23,28,30). The van der Waals surface area contributed by atoms with Gasteiger partial charge in [0.1, 0.15) is 17.3 Å². The Balaban J connectivity index is 1.41. The van der Waals surface area contributed by atoms with Crippen LogP contribution < -0.4 is 11.2 Å². The summed E-state index contributed by atoms with van der Waals surface area (Å²) in [4.78, 5) is 47.2. The number of pyridine rings is 1. The van der Waals surface area contributed by atoms with Crippen molar-refractivity contribution in [3.8, 4) is 0 Å². The fourth-order valence-corrected chi connectivity index (χ4v) is 4.53. The molecule has 1 unspecified atom stereocenters. The fraction of sp³-hybridized carbons (Fsp3) is 0.500. The van der Waals surface area contributed by atoms with Gasteiger partial charge in [0.25, 0.3) is 11.5 Å². The number of hydrogen-bond acceptors (Lipinski definition) is 6. The number of aromatic amines is 2. The van der Waals surface area contributed by atoms with Crippen LogP contribution in [0.1, 0.15) is 60.0 Å². The Hall–Kier alpha value is -3.30. The van der Waals surface area contributed by atoms with E-state index in [2.05, 4.69) is 29.7 Å². The molecular weight excluding hydrogens is 386 g/mol. The smallest absolute Gasteiger partial charge is 0.327 e. The van der Waals surface area contributed by atoms with E-state index in [4.69, 9.17) is 0 Å². The first-order valence-corrected chi connectivity index (χ1v) is 10.4. The molecule has 5 rings (SSSR count). The van der Waals surface area contributed by atoms with Gasteiger partial charge in [0.05, 0.1) is 10.9 Å². The molecule has 0 radical (unpaired) electrons. The highest BCUT2D eigenvalue weighted by atomic mass is 16.2. The largest absolute Gasteiger partial charge is 0.338 e. The Labute approximate surface area is 171 Å². The summed E-state index contributed by atoms with van der Waals surface area (Å²) in [7, 11) is 0. The number of hydrogen-bond donors (Lipinski definition) is 2. The molecule has 0 saturated carbocycles. The van der Waals surface area contributed by atoms with E-state index in [1.54, 1.807) is 4.90 Å². The van der Waals surface area contributed by atoms with Crippen LogP contribution in [0.3, 0.4) is 0 Å². The summed E-state index contributed by atoms with van der Waals surface area (Å²) in [6.07, 6.45) is 7.71. The van der Waals surface area contributed by atoms with Crippen LogP contribution in [0.2, 0.25) is 0 Å². The third-order valence-corrected chi connectivity index (χ3v) is 6.05. The van der Waals surface area contributed by atoms with E-state index < -0.39 is 11.2 Å². The summed E-state index contributed by atoms with van der Waals surface area (Å²) in [5.74, 6) is 2.01. The van der Waals surface area contributed by atoms with Crippen molar-refractivity contribution in [2.75, 3.05) is 13.1 Å². The molecule has 1 saturated heterocycles. The number of H-pyrrole nitrogens is 2. The molecule has 1 atom stereocenters. The first kappa shape index (κ1) is 18.7. The number of aromatic nitrogens is 6. The van der Waals surface area contributed by atoms with Crippen LogP contribution in [-0.2, 0) is 13.0 Å². The predicted molar refractivity (Wildman–Crippen MR) is 108 cm³/mol. The lowest BCUT2D eigenvalue weighted by molar-refractivity contribution is 0.0703. The topological polar surface area (TPSA) is 130 Å². The minimum atomic E-state index is -0.620. The van der Waals surface area contributed by atoms with Crippen LogP contribution in [-0.4, -0.2) is 53.6 Å². The molecule has 2 aliphatic rings. The molecule has 2 N–H and O–H groups in total. The molecule has 0 bridgehead atoms. The maximum absolute atomic E-state index is 13.1. The van der Waals surface area contributed by atoms with Crippen LogP contribution in [0, 0.1) is 0 Å². The van der Waals surface area contributed by atoms with Crippen molar-refractivity contribution in [2.24, 2.45) is 0 Å². The summed E-state index contributed by atoms with van der Waals surface area (Å²) >= 11 is 0. The minimum Gasteiger partial charge on any atom is -0.338 e. The van der Waals surface area contributed by atoms with E-state index in [1.807, 2.05) is 0 Å². The quantitative estimate of drug-likeness (QED) is 0.648. The van der Waals surface area contributed by atoms with E-state index in [0.29, 0.717) is 18.7 Å². The zero-order chi connectivity index (χ0) is 20.7. The monoisotopic (exact) mass is 409 g/mol. The number of rotatable bonds is 2. The average molecular weight is 409 g/mol. The molecule has 1 amide bonds. The van der Waals surface area contributed by atoms with Gasteiger partial charge in [-0.2, -0.15) is 0 Å². The molecule has 30 heavy (non-hydrogen) atoms. The van der Waals surface area contributed by atoms with Gasteiger partial charge < -0.3 is 9.47 Å². The number of carbonyl (C=O) groups is 1. The zero-order valence-electron chi connectivity index (χ0n) is 16.6. The summed E-state index contributed by atoms with van der Waals surface area (Å²) in [5, 5.41) is 9.07. The number of nitrogens with zero attached hydrogens (tertiary/aromatic N) is 5. The summed E-state index contributed by atoms with van der Waals surface area (Å²) in [6, 6.07) is 1.49. The molecule has 10 nitrogen and oxygen atoms in total. The third kappa shape index (κ3) is 3.31. The Bertz CT molecular complexity index is 1230. The lowest BCUT2D eigenvalue weighted by Crippen LogP contribution is -2.40. The van der Waals surface area contributed by atoms with Gasteiger partial charge in [-0.05, 0) is 31.7 Å². The van der Waals surface area contributed by atoms with Crippen LogP contribution in [0.4, 0.5) is 0 Å². The molecule has 0 aliphatic carbocycles. The molecule has 5 heterocycles. The van der Waals surface area contributed by atoms with Gasteiger partial charge in [0.2, 0.25) is 0 Å². The number of carbonyl (C=O) groups excluding carboxylic acids is 1. The Morgan fingerprint density at radius 3 is 2.87 bits per heavy atom. The maximum Gasteiger partial charge on any atom is 0.327 e. The SMILES string of the molecule is O=C(c1cnc2[nH]c(=O)[nH]c(=O)c2c1)N1CCCC(c2nnc3n2CCCCC3)C1. The Kier molecular flexibility index (Phi) is 4.68. The van der Waals surface area contributed by atoms with E-state index >= 15 is 0 Å². The van der Waals surface area contributed by atoms with Gasteiger partial charge >= 0.3 is 5.69 Å². The first-order valence-electron chi connectivity index (χ1n) is 10.4. The van der Waals surface area contributed by atoms with Crippen LogP contribution in [0.15, 0.2) is 21.9 Å². The van der Waals surface area contributed by atoms with Crippen molar-refractivity contribution >= 4 is 16.9 Å². The van der Waals surface area contributed by atoms with E-state index in [-0.39, 0.29) is 22.9 Å². The average Bonchev–Trinajstić information content (AvgIpc) is 3.01. The number of amides is 1. The van der Waals surface area contributed by atoms with Gasteiger partial charge in [0, 0.05) is 38.2 Å². The Morgan fingerprint density at radius 2 is 1.97 bits per heavy atom. The maximum atomic E-state index is 13.1. The van der Waals surface area contributed by atoms with Crippen molar-refractivity contribution in [2.45, 2.75) is 51.0 Å². The highest BCUT2D eigenvalue weighted by molar-refractivity contribution is 5.96.